The third-order valence-electron chi connectivity index (χ3n) is 3.26. The van der Waals surface area contributed by atoms with Crippen LogP contribution in [0.15, 0.2) is 24.3 Å². The molecule has 0 unspecified atom stereocenters. The molecular weight excluding hydrogens is 340 g/mol. The van der Waals surface area contributed by atoms with Crippen LogP contribution in [0.5, 0.6) is 0 Å². The summed E-state index contributed by atoms with van der Waals surface area (Å²) < 4.78 is 17.2. The number of nitrogens with one attached hydrogen (secondary N) is 2. The Morgan fingerprint density at radius 2 is 1.91 bits per heavy atom. The number of carbonyl (C=O) groups is 2. The third-order valence-corrected chi connectivity index (χ3v) is 4.68. The molecule has 2 atom stereocenters. The second-order valence-corrected chi connectivity index (χ2v) is 7.12. The van der Waals surface area contributed by atoms with E-state index in [9.17, 15) is 13.8 Å². The van der Waals surface area contributed by atoms with Gasteiger partial charge in [-0.1, -0.05) is 11.6 Å². The van der Waals surface area contributed by atoms with Crippen molar-refractivity contribution in [1.82, 2.24) is 5.32 Å². The molecule has 1 aliphatic heterocycles. The topological polar surface area (TPSA) is 84.5 Å². The summed E-state index contributed by atoms with van der Waals surface area (Å²) in [6.07, 6.45) is 1.96. The van der Waals surface area contributed by atoms with E-state index in [4.69, 9.17) is 16.3 Å². The number of halogens is 1. The van der Waals surface area contributed by atoms with E-state index in [1.807, 2.05) is 0 Å². The van der Waals surface area contributed by atoms with Gasteiger partial charge in [-0.25, -0.2) is 0 Å². The van der Waals surface area contributed by atoms with Gasteiger partial charge in [0.1, 0.15) is 11.5 Å². The first kappa shape index (κ1) is 17.9. The molecule has 0 aliphatic carbocycles. The highest BCUT2D eigenvalue weighted by Gasteiger charge is 2.17. The van der Waals surface area contributed by atoms with E-state index in [-0.39, 0.29) is 23.5 Å². The van der Waals surface area contributed by atoms with Gasteiger partial charge in [0.05, 0.1) is 6.10 Å². The van der Waals surface area contributed by atoms with Crippen molar-refractivity contribution in [2.45, 2.75) is 18.9 Å². The monoisotopic (exact) mass is 358 g/mol. The van der Waals surface area contributed by atoms with E-state index in [0.29, 0.717) is 17.3 Å². The Balaban J connectivity index is 1.67. The molecule has 0 bridgehead atoms. The fraction of sp³-hybridized carbons (Fsp3) is 0.467. The molecular formula is C15H19ClN2O4S. The number of ether oxygens (including phenoxy) is 1. The molecule has 126 valence electrons. The molecule has 2 N–H and O–H groups in total. The Labute approximate surface area is 142 Å². The summed E-state index contributed by atoms with van der Waals surface area (Å²) in [7, 11) is -1.55. The van der Waals surface area contributed by atoms with Gasteiger partial charge in [0, 0.05) is 34.7 Å². The average molecular weight is 359 g/mol. The summed E-state index contributed by atoms with van der Waals surface area (Å²) in [6, 6.07) is 6.59. The summed E-state index contributed by atoms with van der Waals surface area (Å²) in [5.74, 6) is -1.16. The van der Waals surface area contributed by atoms with Gasteiger partial charge >= 0.3 is 0 Å². The zero-order valence-corrected chi connectivity index (χ0v) is 14.1. The van der Waals surface area contributed by atoms with E-state index in [1.165, 1.54) is 0 Å². The van der Waals surface area contributed by atoms with Gasteiger partial charge in [-0.05, 0) is 37.1 Å². The number of benzene rings is 1. The molecule has 1 aliphatic rings. The van der Waals surface area contributed by atoms with Crippen molar-refractivity contribution in [3.63, 3.8) is 0 Å². The molecule has 1 aromatic carbocycles. The average Bonchev–Trinajstić information content (AvgIpc) is 3.00. The molecule has 8 heteroatoms. The van der Waals surface area contributed by atoms with Crippen molar-refractivity contribution < 1.29 is 18.5 Å². The zero-order valence-electron chi connectivity index (χ0n) is 12.5. The molecule has 1 saturated heterocycles. The lowest BCUT2D eigenvalue weighted by Gasteiger charge is -2.10. The van der Waals surface area contributed by atoms with Crippen molar-refractivity contribution >= 4 is 39.9 Å². The predicted octanol–water partition coefficient (Wildman–Crippen LogP) is 1.32. The SMILES string of the molecule is O=C(C[S@@](=O)CC(=O)Nc1ccc(Cl)cc1)NC[C@H]1CCCO1. The second kappa shape index (κ2) is 9.00. The molecule has 0 aromatic heterocycles. The van der Waals surface area contributed by atoms with Crippen molar-refractivity contribution in [2.75, 3.05) is 30.0 Å². The Morgan fingerprint density at radius 1 is 1.22 bits per heavy atom. The van der Waals surface area contributed by atoms with Crippen LogP contribution in [-0.4, -0.2) is 46.8 Å². The first-order valence-electron chi connectivity index (χ1n) is 7.31. The maximum Gasteiger partial charge on any atom is 0.237 e. The summed E-state index contributed by atoms with van der Waals surface area (Å²) >= 11 is 5.75. The number of hydrogen-bond donors (Lipinski definition) is 2. The number of anilines is 1. The standard InChI is InChI=1S/C15H19ClN2O4S/c16-11-3-5-12(6-4-11)18-15(20)10-23(21)9-14(19)17-8-13-2-1-7-22-13/h3-6,13H,1-2,7-10H2,(H,17,19)(H,18,20)/t13-,23-/m1/s1. The van der Waals surface area contributed by atoms with Crippen LogP contribution in [0.3, 0.4) is 0 Å². The van der Waals surface area contributed by atoms with E-state index < -0.39 is 16.7 Å². The normalized spacial score (nSPS) is 18.4. The van der Waals surface area contributed by atoms with Crippen molar-refractivity contribution in [3.05, 3.63) is 29.3 Å². The van der Waals surface area contributed by atoms with Crippen molar-refractivity contribution in [3.8, 4) is 0 Å². The molecule has 1 aromatic rings. The first-order valence-corrected chi connectivity index (χ1v) is 9.18. The van der Waals surface area contributed by atoms with E-state index in [2.05, 4.69) is 10.6 Å². The molecule has 0 spiro atoms. The maximum absolute atomic E-state index is 11.8. The quantitative estimate of drug-likeness (QED) is 0.770. The molecule has 23 heavy (non-hydrogen) atoms. The Bertz CT molecular complexity index is 573. The molecule has 1 fully saturated rings. The van der Waals surface area contributed by atoms with Gasteiger partial charge in [0.15, 0.2) is 0 Å². The van der Waals surface area contributed by atoms with Crippen molar-refractivity contribution in [2.24, 2.45) is 0 Å². The fourth-order valence-corrected chi connectivity index (χ4v) is 3.14. The van der Waals surface area contributed by atoms with Crippen LogP contribution >= 0.6 is 11.6 Å². The fourth-order valence-electron chi connectivity index (χ4n) is 2.16. The van der Waals surface area contributed by atoms with Gasteiger partial charge < -0.3 is 15.4 Å². The molecule has 0 radical (unpaired) electrons. The molecule has 2 rings (SSSR count). The van der Waals surface area contributed by atoms with E-state index in [1.54, 1.807) is 24.3 Å². The minimum absolute atomic E-state index is 0.0422. The lowest BCUT2D eigenvalue weighted by molar-refractivity contribution is -0.119. The number of carbonyl (C=O) groups excluding carboxylic acids is 2. The van der Waals surface area contributed by atoms with Gasteiger partial charge in [-0.15, -0.1) is 0 Å². The highest BCUT2D eigenvalue weighted by molar-refractivity contribution is 7.86. The minimum Gasteiger partial charge on any atom is -0.376 e. The van der Waals surface area contributed by atoms with Crippen LogP contribution in [0, 0.1) is 0 Å². The Hall–Kier alpha value is -1.44. The largest absolute Gasteiger partial charge is 0.376 e. The van der Waals surface area contributed by atoms with E-state index >= 15 is 0 Å². The zero-order chi connectivity index (χ0) is 16.7. The maximum atomic E-state index is 11.8. The second-order valence-electron chi connectivity index (χ2n) is 5.22. The smallest absolute Gasteiger partial charge is 0.237 e. The van der Waals surface area contributed by atoms with Crippen LogP contribution in [-0.2, 0) is 25.1 Å². The highest BCUT2D eigenvalue weighted by Crippen LogP contribution is 2.13. The molecule has 2 amide bonds. The Morgan fingerprint density at radius 3 is 2.57 bits per heavy atom. The van der Waals surface area contributed by atoms with Crippen molar-refractivity contribution in [1.29, 1.82) is 0 Å². The third kappa shape index (κ3) is 6.68. The predicted molar refractivity (Wildman–Crippen MR) is 89.9 cm³/mol. The summed E-state index contributed by atoms with van der Waals surface area (Å²) in [6.45, 7) is 1.14. The number of amides is 2. The van der Waals surface area contributed by atoms with Gasteiger partial charge in [0.25, 0.3) is 0 Å². The summed E-state index contributed by atoms with van der Waals surface area (Å²) in [5.41, 5.74) is 0.569. The van der Waals surface area contributed by atoms with Crippen LogP contribution < -0.4 is 10.6 Å². The Kier molecular flexibility index (Phi) is 7.01. The van der Waals surface area contributed by atoms with Gasteiger partial charge in [0.2, 0.25) is 11.8 Å². The molecule has 6 nitrogen and oxygen atoms in total. The van der Waals surface area contributed by atoms with Crippen LogP contribution in [0.4, 0.5) is 5.69 Å². The lowest BCUT2D eigenvalue weighted by Crippen LogP contribution is -2.35. The summed E-state index contributed by atoms with van der Waals surface area (Å²) in [5, 5.41) is 5.85. The van der Waals surface area contributed by atoms with E-state index in [0.717, 1.165) is 19.4 Å². The highest BCUT2D eigenvalue weighted by atomic mass is 35.5. The first-order chi connectivity index (χ1) is 11.0. The molecule has 1 heterocycles. The summed E-state index contributed by atoms with van der Waals surface area (Å²) in [4.78, 5) is 23.4. The van der Waals surface area contributed by atoms with Gasteiger partial charge in [-0.2, -0.15) is 0 Å². The van der Waals surface area contributed by atoms with Gasteiger partial charge in [-0.3, -0.25) is 13.8 Å². The number of hydrogen-bond acceptors (Lipinski definition) is 4. The molecule has 0 saturated carbocycles. The lowest BCUT2D eigenvalue weighted by atomic mass is 10.2. The van der Waals surface area contributed by atoms with Crippen LogP contribution in [0.25, 0.3) is 0 Å². The van der Waals surface area contributed by atoms with Crippen LogP contribution in [0.1, 0.15) is 12.8 Å². The minimum atomic E-state index is -1.55. The number of rotatable bonds is 7. The van der Waals surface area contributed by atoms with Crippen LogP contribution in [0.2, 0.25) is 5.02 Å².